The summed E-state index contributed by atoms with van der Waals surface area (Å²) in [5.74, 6) is 3.61. The van der Waals surface area contributed by atoms with E-state index in [4.69, 9.17) is 9.41 Å². The average molecular weight is 373 g/mol. The Morgan fingerprint density at radius 2 is 2.22 bits per heavy atom. The van der Waals surface area contributed by atoms with Crippen molar-refractivity contribution in [3.8, 4) is 0 Å². The van der Waals surface area contributed by atoms with Crippen LogP contribution >= 0.6 is 0 Å². The van der Waals surface area contributed by atoms with Crippen molar-refractivity contribution in [1.82, 2.24) is 25.0 Å². The predicted molar refractivity (Wildman–Crippen MR) is 106 cm³/mol. The van der Waals surface area contributed by atoms with Crippen LogP contribution in [-0.4, -0.2) is 45.8 Å². The summed E-state index contributed by atoms with van der Waals surface area (Å²) in [5, 5.41) is 11.7. The molecule has 7 heteroatoms. The molecule has 2 aromatic heterocycles. The Hall–Kier alpha value is -2.31. The third kappa shape index (κ3) is 5.84. The zero-order valence-corrected chi connectivity index (χ0v) is 16.6. The Labute approximate surface area is 161 Å². The molecule has 0 saturated heterocycles. The quantitative estimate of drug-likeness (QED) is 0.569. The summed E-state index contributed by atoms with van der Waals surface area (Å²) in [6, 6.07) is 3.92. The minimum atomic E-state index is 0.705. The number of guanidine groups is 1. The topological polar surface area (TPSA) is 71.5 Å². The van der Waals surface area contributed by atoms with Crippen LogP contribution in [0.25, 0.3) is 0 Å². The van der Waals surface area contributed by atoms with Gasteiger partial charge in [-0.25, -0.2) is 0 Å². The van der Waals surface area contributed by atoms with E-state index < -0.39 is 0 Å². The first kappa shape index (κ1) is 19.5. The number of hydrogen-bond donors (Lipinski definition) is 1. The third-order valence-corrected chi connectivity index (χ3v) is 5.21. The van der Waals surface area contributed by atoms with Gasteiger partial charge in [0.1, 0.15) is 17.9 Å². The van der Waals surface area contributed by atoms with Gasteiger partial charge in [-0.15, -0.1) is 10.2 Å². The van der Waals surface area contributed by atoms with Crippen molar-refractivity contribution in [2.24, 2.45) is 10.9 Å². The van der Waals surface area contributed by atoms with E-state index in [0.717, 1.165) is 49.5 Å². The molecule has 0 spiro atoms. The first-order valence-corrected chi connectivity index (χ1v) is 10.1. The lowest BCUT2D eigenvalue weighted by Gasteiger charge is -2.24. The van der Waals surface area contributed by atoms with Gasteiger partial charge >= 0.3 is 0 Å². The van der Waals surface area contributed by atoms with E-state index >= 15 is 0 Å². The van der Waals surface area contributed by atoms with Crippen LogP contribution < -0.4 is 5.32 Å². The molecule has 1 aliphatic rings. The lowest BCUT2D eigenvalue weighted by atomic mass is 9.89. The normalized spacial score (nSPS) is 15.9. The van der Waals surface area contributed by atoms with Gasteiger partial charge in [-0.05, 0) is 30.9 Å². The third-order valence-electron chi connectivity index (χ3n) is 5.21. The van der Waals surface area contributed by atoms with Crippen LogP contribution in [0.1, 0.15) is 50.6 Å². The summed E-state index contributed by atoms with van der Waals surface area (Å²) in [4.78, 5) is 7.07. The molecular weight excluding hydrogens is 340 g/mol. The van der Waals surface area contributed by atoms with E-state index in [1.807, 2.05) is 12.1 Å². The second-order valence-corrected chi connectivity index (χ2v) is 7.32. The zero-order valence-electron chi connectivity index (χ0n) is 16.6. The van der Waals surface area contributed by atoms with Crippen LogP contribution in [0, 0.1) is 5.92 Å². The number of aryl methyl sites for hydroxylation is 1. The largest absolute Gasteiger partial charge is 0.467 e. The minimum absolute atomic E-state index is 0.705. The van der Waals surface area contributed by atoms with Gasteiger partial charge in [-0.3, -0.25) is 4.99 Å². The Kier molecular flexibility index (Phi) is 7.30. The highest BCUT2D eigenvalue weighted by molar-refractivity contribution is 5.79. The molecule has 2 aromatic rings. The zero-order chi connectivity index (χ0) is 18.9. The molecule has 1 fully saturated rings. The van der Waals surface area contributed by atoms with Gasteiger partial charge in [-0.2, -0.15) is 0 Å². The summed E-state index contributed by atoms with van der Waals surface area (Å²) >= 11 is 0. The first-order chi connectivity index (χ1) is 13.3. The average Bonchev–Trinajstić information content (AvgIpc) is 3.36. The molecule has 0 aromatic carbocycles. The number of nitrogens with zero attached hydrogens (tertiary/aromatic N) is 5. The van der Waals surface area contributed by atoms with Gasteiger partial charge in [0.15, 0.2) is 5.96 Å². The van der Waals surface area contributed by atoms with Crippen molar-refractivity contribution < 1.29 is 4.42 Å². The predicted octanol–water partition coefficient (Wildman–Crippen LogP) is 3.09. The molecule has 2 heterocycles. The van der Waals surface area contributed by atoms with E-state index in [2.05, 4.69) is 39.0 Å². The monoisotopic (exact) mass is 372 g/mol. The Morgan fingerprint density at radius 3 is 2.96 bits per heavy atom. The van der Waals surface area contributed by atoms with Crippen molar-refractivity contribution >= 4 is 5.96 Å². The number of furan rings is 1. The van der Waals surface area contributed by atoms with Gasteiger partial charge in [0.2, 0.25) is 0 Å². The van der Waals surface area contributed by atoms with Crippen LogP contribution in [0.3, 0.4) is 0 Å². The fraction of sp³-hybridized carbons (Fsp3) is 0.650. The van der Waals surface area contributed by atoms with Crippen molar-refractivity contribution in [2.45, 2.75) is 58.5 Å². The van der Waals surface area contributed by atoms with Crippen molar-refractivity contribution in [3.05, 3.63) is 36.3 Å². The van der Waals surface area contributed by atoms with E-state index in [1.54, 1.807) is 12.6 Å². The molecule has 3 rings (SSSR count). The van der Waals surface area contributed by atoms with Crippen LogP contribution in [0.2, 0.25) is 0 Å². The van der Waals surface area contributed by atoms with Crippen LogP contribution in [0.15, 0.2) is 34.1 Å². The summed E-state index contributed by atoms with van der Waals surface area (Å²) in [7, 11) is 2.06. The molecule has 0 bridgehead atoms. The number of aliphatic imine (C=N–C) groups is 1. The molecule has 148 valence electrons. The highest BCUT2D eigenvalue weighted by atomic mass is 16.3. The molecule has 0 unspecified atom stereocenters. The fourth-order valence-electron chi connectivity index (χ4n) is 3.64. The van der Waals surface area contributed by atoms with Crippen LogP contribution in [0.4, 0.5) is 0 Å². The molecule has 1 saturated carbocycles. The van der Waals surface area contributed by atoms with Gasteiger partial charge in [-0.1, -0.05) is 26.2 Å². The molecule has 7 nitrogen and oxygen atoms in total. The minimum Gasteiger partial charge on any atom is -0.467 e. The Bertz CT molecular complexity index is 687. The molecule has 0 amide bonds. The summed E-state index contributed by atoms with van der Waals surface area (Å²) in [5.41, 5.74) is 0. The lowest BCUT2D eigenvalue weighted by Crippen LogP contribution is -2.40. The van der Waals surface area contributed by atoms with Gasteiger partial charge < -0.3 is 19.2 Å². The maximum atomic E-state index is 5.50. The van der Waals surface area contributed by atoms with E-state index in [-0.39, 0.29) is 0 Å². The number of aromatic nitrogens is 3. The molecule has 0 aliphatic heterocycles. The summed E-state index contributed by atoms with van der Waals surface area (Å²) < 4.78 is 7.59. The molecule has 0 radical (unpaired) electrons. The van der Waals surface area contributed by atoms with Crippen molar-refractivity contribution in [3.63, 3.8) is 0 Å². The van der Waals surface area contributed by atoms with Crippen molar-refractivity contribution in [1.29, 1.82) is 0 Å². The molecule has 1 N–H and O–H groups in total. The standard InChI is InChI=1S/C20H32N6O/c1-3-19-24-23-16-26(19)12-11-21-20(22-14-17-8-5-4-6-9-17)25(2)15-18-10-7-13-27-18/h7,10,13,16-17H,3-6,8-9,11-12,14-15H2,1-2H3,(H,21,22). The maximum Gasteiger partial charge on any atom is 0.194 e. The van der Waals surface area contributed by atoms with E-state index in [0.29, 0.717) is 6.54 Å². The number of rotatable bonds is 8. The van der Waals surface area contributed by atoms with Gasteiger partial charge in [0.25, 0.3) is 0 Å². The SMILES string of the molecule is CCc1nncn1CCNC(=NCC1CCCCC1)N(C)Cc1ccco1. The molecule has 27 heavy (non-hydrogen) atoms. The fourth-order valence-corrected chi connectivity index (χ4v) is 3.64. The molecule has 0 atom stereocenters. The van der Waals surface area contributed by atoms with E-state index in [1.165, 1.54) is 32.1 Å². The number of nitrogens with one attached hydrogen (secondary N) is 1. The lowest BCUT2D eigenvalue weighted by molar-refractivity contribution is 0.360. The van der Waals surface area contributed by atoms with Crippen LogP contribution in [-0.2, 0) is 19.5 Å². The Morgan fingerprint density at radius 1 is 1.37 bits per heavy atom. The molecule has 1 aliphatic carbocycles. The van der Waals surface area contributed by atoms with Gasteiger partial charge in [0.05, 0.1) is 12.8 Å². The Balaban J connectivity index is 1.58. The smallest absolute Gasteiger partial charge is 0.194 e. The van der Waals surface area contributed by atoms with Gasteiger partial charge in [0, 0.05) is 33.1 Å². The highest BCUT2D eigenvalue weighted by Crippen LogP contribution is 2.23. The summed E-state index contributed by atoms with van der Waals surface area (Å²) in [6.07, 6.45) is 11.1. The number of hydrogen-bond acceptors (Lipinski definition) is 4. The summed E-state index contributed by atoms with van der Waals surface area (Å²) in [6.45, 7) is 5.32. The highest BCUT2D eigenvalue weighted by Gasteiger charge is 2.15. The second kappa shape index (κ2) is 10.1. The maximum absolute atomic E-state index is 5.50. The van der Waals surface area contributed by atoms with Crippen LogP contribution in [0.5, 0.6) is 0 Å². The van der Waals surface area contributed by atoms with E-state index in [9.17, 15) is 0 Å². The second-order valence-electron chi connectivity index (χ2n) is 7.32. The van der Waals surface area contributed by atoms with Crippen molar-refractivity contribution in [2.75, 3.05) is 20.1 Å². The first-order valence-electron chi connectivity index (χ1n) is 10.1. The molecular formula is C20H32N6O.